The van der Waals surface area contributed by atoms with Crippen molar-refractivity contribution in [2.24, 2.45) is 0 Å². The van der Waals surface area contributed by atoms with Crippen LogP contribution in [-0.2, 0) is 0 Å². The van der Waals surface area contributed by atoms with E-state index in [4.69, 9.17) is 0 Å². The first-order valence-electron chi connectivity index (χ1n) is 11.0. The van der Waals surface area contributed by atoms with Crippen LogP contribution >= 0.6 is 6.60 Å². The molecule has 0 aliphatic carbocycles. The van der Waals surface area contributed by atoms with Gasteiger partial charge in [0.25, 0.3) is 0 Å². The summed E-state index contributed by atoms with van der Waals surface area (Å²) in [6.07, 6.45) is 0.551. The molecule has 0 fully saturated rings. The van der Waals surface area contributed by atoms with Crippen molar-refractivity contribution in [3.8, 4) is 0 Å². The van der Waals surface area contributed by atoms with Crippen molar-refractivity contribution in [2.75, 3.05) is 13.0 Å². The molecule has 0 unspecified atom stereocenters. The van der Waals surface area contributed by atoms with E-state index in [2.05, 4.69) is 91.7 Å². The number of amides is 1. The third-order valence-electron chi connectivity index (χ3n) is 6.77. The van der Waals surface area contributed by atoms with Gasteiger partial charge in [0, 0.05) is 0 Å². The molecule has 0 saturated heterocycles. The summed E-state index contributed by atoms with van der Waals surface area (Å²) in [6, 6.07) is 37.9. The van der Waals surface area contributed by atoms with E-state index in [0.717, 1.165) is 5.56 Å². The number of benzene rings is 4. The molecule has 2 nitrogen and oxygen atoms in total. The van der Waals surface area contributed by atoms with E-state index in [1.807, 2.05) is 43.3 Å². The molecule has 162 valence electrons. The van der Waals surface area contributed by atoms with Crippen LogP contribution in [0.3, 0.4) is 0 Å². The second-order valence-corrected chi connectivity index (χ2v) is 14.2. The molecule has 0 saturated carbocycles. The molecule has 0 heterocycles. The summed E-state index contributed by atoms with van der Waals surface area (Å²) in [5, 5.41) is 7.12. The Bertz CT molecular complexity index is 1120. The summed E-state index contributed by atoms with van der Waals surface area (Å²) in [5.74, 6) is -0.0354. The Morgan fingerprint density at radius 3 is 1.50 bits per heavy atom. The summed E-state index contributed by atoms with van der Waals surface area (Å²) in [7, 11) is 0. The van der Waals surface area contributed by atoms with Crippen LogP contribution in [0.1, 0.15) is 21.5 Å². The topological polar surface area (TPSA) is 29.1 Å². The van der Waals surface area contributed by atoms with Gasteiger partial charge >= 0.3 is 191 Å². The van der Waals surface area contributed by atoms with Crippen molar-refractivity contribution in [1.82, 2.24) is 5.32 Å². The maximum absolute atomic E-state index is 13.3. The summed E-state index contributed by atoms with van der Waals surface area (Å²) < 4.78 is 0. The van der Waals surface area contributed by atoms with Crippen molar-refractivity contribution in [1.29, 1.82) is 0 Å². The second-order valence-electron chi connectivity index (χ2n) is 8.77. The van der Waals surface area contributed by atoms with Gasteiger partial charge in [-0.05, 0) is 0 Å². The molecule has 4 rings (SSSR count). The van der Waals surface area contributed by atoms with Gasteiger partial charge in [0.15, 0.2) is 0 Å². The summed E-state index contributed by atoms with van der Waals surface area (Å²) in [5.41, 5.74) is 3.02. The van der Waals surface area contributed by atoms with Crippen LogP contribution in [0.25, 0.3) is 0 Å². The van der Waals surface area contributed by atoms with E-state index in [-0.39, 0.29) is 5.91 Å². The molecule has 0 aromatic heterocycles. The number of carbonyl (C=O) groups excluding carboxylic acids is 1. The van der Waals surface area contributed by atoms with E-state index < -0.39 is 6.60 Å². The van der Waals surface area contributed by atoms with E-state index in [0.29, 0.717) is 11.8 Å². The number of rotatable bonds is 6. The predicted molar refractivity (Wildman–Crippen MR) is 139 cm³/mol. The van der Waals surface area contributed by atoms with Gasteiger partial charge in [-0.3, -0.25) is 0 Å². The zero-order valence-electron chi connectivity index (χ0n) is 19.0. The van der Waals surface area contributed by atoms with Gasteiger partial charge in [0.1, 0.15) is 0 Å². The van der Waals surface area contributed by atoms with Gasteiger partial charge in [-0.25, -0.2) is 0 Å². The van der Waals surface area contributed by atoms with Crippen LogP contribution in [0.5, 0.6) is 0 Å². The van der Waals surface area contributed by atoms with E-state index in [1.165, 1.54) is 21.5 Å². The van der Waals surface area contributed by atoms with Gasteiger partial charge < -0.3 is 0 Å². The fourth-order valence-corrected chi connectivity index (χ4v) is 9.39. The third-order valence-corrected chi connectivity index (χ3v) is 12.8. The zero-order valence-corrected chi connectivity index (χ0v) is 19.8. The maximum atomic E-state index is 13.3. The van der Waals surface area contributed by atoms with Crippen LogP contribution in [-0.4, -0.2) is 18.9 Å². The molecule has 0 spiro atoms. The second kappa shape index (κ2) is 8.73. The molecule has 32 heavy (non-hydrogen) atoms. The average Bonchev–Trinajstić information content (AvgIpc) is 2.86. The predicted octanol–water partition coefficient (Wildman–Crippen LogP) is 5.15. The fraction of sp³-hybridized carbons (Fsp3) is 0.138. The first-order chi connectivity index (χ1) is 15.4. The van der Waals surface area contributed by atoms with Gasteiger partial charge in [-0.15, -0.1) is 0 Å². The monoisotopic (exact) mass is 439 g/mol. The Morgan fingerprint density at radius 2 is 1.09 bits per heavy atom. The van der Waals surface area contributed by atoms with Crippen LogP contribution in [0.2, 0.25) is 0 Å². The van der Waals surface area contributed by atoms with E-state index in [1.54, 1.807) is 0 Å². The molecule has 3 heteroatoms. The van der Waals surface area contributed by atoms with Crippen molar-refractivity contribution in [2.45, 2.75) is 13.8 Å². The number of hydrogen-bond acceptors (Lipinski definition) is 1. The summed E-state index contributed by atoms with van der Waals surface area (Å²) >= 11 is 0. The SMILES string of the molecule is Cc1ccc(C(=O)NCP(C)(c2ccccc2)(c2ccccc2)c2ccccc2)cc1C. The number of nitrogens with one attached hydrogen (secondary N) is 1. The molecule has 0 radical (unpaired) electrons. The fourth-order valence-electron chi connectivity index (χ4n) is 4.47. The average molecular weight is 440 g/mol. The molecule has 0 aliphatic rings. The minimum atomic E-state index is -2.99. The third kappa shape index (κ3) is 3.76. The van der Waals surface area contributed by atoms with Crippen LogP contribution in [0.4, 0.5) is 0 Å². The summed E-state index contributed by atoms with van der Waals surface area (Å²) in [6.45, 7) is 3.49. The quantitative estimate of drug-likeness (QED) is 0.414. The molecule has 0 atom stereocenters. The Labute approximate surface area is 191 Å². The van der Waals surface area contributed by atoms with Gasteiger partial charge in [0.05, 0.1) is 0 Å². The molecule has 1 amide bonds. The first-order valence-corrected chi connectivity index (χ1v) is 13.8. The Kier molecular flexibility index (Phi) is 6.00. The summed E-state index contributed by atoms with van der Waals surface area (Å²) in [4.78, 5) is 13.3. The molecular formula is C29H30NOP. The van der Waals surface area contributed by atoms with Gasteiger partial charge in [0.2, 0.25) is 0 Å². The standard InChI is InChI=1S/C29H30NOP/c1-23-19-20-25(21-24(23)2)29(31)30-22-32(3,26-13-7-4-8-14-26,27-15-9-5-10-16-27)28-17-11-6-12-18-28/h4-21H,22H2,1-3H3,(H,30,31). The van der Waals surface area contributed by atoms with Crippen molar-refractivity contribution >= 4 is 28.4 Å². The molecular weight excluding hydrogens is 409 g/mol. The Balaban J connectivity index is 1.87. The number of hydrogen-bond donors (Lipinski definition) is 1. The molecule has 0 bridgehead atoms. The minimum absolute atomic E-state index is 0.0354. The molecule has 0 aliphatic heterocycles. The Hall–Kier alpha value is -3.22. The number of carbonyl (C=O) groups is 1. The Morgan fingerprint density at radius 1 is 0.656 bits per heavy atom. The molecule has 4 aromatic rings. The van der Waals surface area contributed by atoms with Gasteiger partial charge in [-0.1, -0.05) is 0 Å². The van der Waals surface area contributed by atoms with Crippen molar-refractivity contribution in [3.63, 3.8) is 0 Å². The van der Waals surface area contributed by atoms with Crippen molar-refractivity contribution < 1.29 is 4.79 Å². The van der Waals surface area contributed by atoms with E-state index >= 15 is 0 Å². The van der Waals surface area contributed by atoms with Crippen LogP contribution < -0.4 is 21.2 Å². The first kappa shape index (κ1) is 22.0. The normalized spacial score (nSPS) is 12.5. The zero-order chi connectivity index (χ0) is 22.6. The van der Waals surface area contributed by atoms with Crippen LogP contribution in [0.15, 0.2) is 109 Å². The number of aryl methyl sites for hydroxylation is 2. The molecule has 1 N–H and O–H groups in total. The van der Waals surface area contributed by atoms with E-state index in [9.17, 15) is 4.79 Å². The van der Waals surface area contributed by atoms with Crippen molar-refractivity contribution in [3.05, 3.63) is 126 Å². The van der Waals surface area contributed by atoms with Gasteiger partial charge in [-0.2, -0.15) is 0 Å². The van der Waals surface area contributed by atoms with Crippen LogP contribution in [0, 0.1) is 13.8 Å². The molecule has 4 aromatic carbocycles.